The zero-order valence-corrected chi connectivity index (χ0v) is 14.9. The number of anilines is 2. The van der Waals surface area contributed by atoms with Crippen molar-refractivity contribution in [1.82, 2.24) is 0 Å². The molecule has 0 fully saturated rings. The van der Waals surface area contributed by atoms with Crippen molar-refractivity contribution in [3.8, 4) is 0 Å². The maximum Gasteiger partial charge on any atom is 0.258 e. The van der Waals surface area contributed by atoms with Crippen LogP contribution in [-0.2, 0) is 4.79 Å². The largest absolute Gasteiger partial charge is 0.313 e. The summed E-state index contributed by atoms with van der Waals surface area (Å²) in [6.07, 6.45) is 0. The highest BCUT2D eigenvalue weighted by atomic mass is 19.1. The van der Waals surface area contributed by atoms with Gasteiger partial charge in [0.15, 0.2) is 0 Å². The van der Waals surface area contributed by atoms with Crippen molar-refractivity contribution in [2.75, 3.05) is 23.4 Å². The molecule has 1 heterocycles. The molecule has 2 amide bonds. The third-order valence-corrected chi connectivity index (χ3v) is 4.72. The second-order valence-electron chi connectivity index (χ2n) is 6.81. The monoisotopic (exact) mass is 358 g/mol. The predicted octanol–water partition coefficient (Wildman–Crippen LogP) is 3.86. The first-order valence-corrected chi connectivity index (χ1v) is 8.44. The van der Waals surface area contributed by atoms with E-state index in [1.807, 2.05) is 13.8 Å². The van der Waals surface area contributed by atoms with E-state index < -0.39 is 23.5 Å². The Bertz CT molecular complexity index is 846. The lowest BCUT2D eigenvalue weighted by atomic mass is 9.94. The topological polar surface area (TPSA) is 40.6 Å². The Balaban J connectivity index is 2.12. The minimum atomic E-state index is -0.815. The highest BCUT2D eigenvalue weighted by Gasteiger charge is 2.36. The van der Waals surface area contributed by atoms with Crippen molar-refractivity contribution < 1.29 is 18.4 Å². The van der Waals surface area contributed by atoms with Gasteiger partial charge in [-0.3, -0.25) is 9.59 Å². The Morgan fingerprint density at radius 1 is 1.08 bits per heavy atom. The zero-order valence-electron chi connectivity index (χ0n) is 14.9. The molecule has 136 valence electrons. The van der Waals surface area contributed by atoms with Crippen LogP contribution in [0.2, 0.25) is 0 Å². The second kappa shape index (κ2) is 6.86. The zero-order chi connectivity index (χ0) is 19.0. The number of nitrogens with zero attached hydrogens (tertiary/aromatic N) is 2. The minimum absolute atomic E-state index is 0.00110. The average Bonchev–Trinajstić information content (AvgIpc) is 2.70. The highest BCUT2D eigenvalue weighted by molar-refractivity contribution is 6.11. The van der Waals surface area contributed by atoms with Crippen LogP contribution in [0, 0.1) is 23.5 Å². The van der Waals surface area contributed by atoms with Gasteiger partial charge >= 0.3 is 0 Å². The fourth-order valence-corrected chi connectivity index (χ4v) is 3.24. The van der Waals surface area contributed by atoms with E-state index in [2.05, 4.69) is 0 Å². The van der Waals surface area contributed by atoms with E-state index in [9.17, 15) is 18.4 Å². The van der Waals surface area contributed by atoms with Crippen molar-refractivity contribution in [2.24, 2.45) is 11.8 Å². The maximum absolute atomic E-state index is 13.6. The summed E-state index contributed by atoms with van der Waals surface area (Å²) in [6, 6.07) is 9.77. The fourth-order valence-electron chi connectivity index (χ4n) is 3.24. The van der Waals surface area contributed by atoms with E-state index in [4.69, 9.17) is 0 Å². The van der Waals surface area contributed by atoms with Gasteiger partial charge in [-0.25, -0.2) is 8.78 Å². The van der Waals surface area contributed by atoms with E-state index in [1.165, 1.54) is 4.90 Å². The SMILES string of the molecule is CC(C)[C@H]1CN(C(=O)c2cc(F)cc(F)c2)c2ccccc2N(C)C1=O. The van der Waals surface area contributed by atoms with Crippen LogP contribution in [-0.4, -0.2) is 25.4 Å². The number of hydrogen-bond acceptors (Lipinski definition) is 2. The molecule has 0 N–H and O–H groups in total. The Labute approximate surface area is 151 Å². The van der Waals surface area contributed by atoms with Crippen LogP contribution in [0.5, 0.6) is 0 Å². The van der Waals surface area contributed by atoms with Gasteiger partial charge in [0.05, 0.1) is 17.3 Å². The van der Waals surface area contributed by atoms with E-state index in [0.29, 0.717) is 11.4 Å². The predicted molar refractivity (Wildman–Crippen MR) is 96.2 cm³/mol. The molecule has 1 atom stereocenters. The summed E-state index contributed by atoms with van der Waals surface area (Å²) >= 11 is 0. The lowest BCUT2D eigenvalue weighted by Crippen LogP contribution is -2.41. The van der Waals surface area contributed by atoms with Crippen molar-refractivity contribution in [1.29, 1.82) is 0 Å². The number of fused-ring (bicyclic) bond motifs is 1. The van der Waals surface area contributed by atoms with Gasteiger partial charge in [0.25, 0.3) is 5.91 Å². The molecule has 1 aliphatic rings. The van der Waals surface area contributed by atoms with Gasteiger partial charge in [0.2, 0.25) is 5.91 Å². The van der Waals surface area contributed by atoms with Crippen LogP contribution >= 0.6 is 0 Å². The van der Waals surface area contributed by atoms with Gasteiger partial charge < -0.3 is 9.80 Å². The third kappa shape index (κ3) is 3.19. The second-order valence-corrected chi connectivity index (χ2v) is 6.81. The molecule has 0 aromatic heterocycles. The third-order valence-electron chi connectivity index (χ3n) is 4.72. The number of halogens is 2. The maximum atomic E-state index is 13.6. The van der Waals surface area contributed by atoms with Gasteiger partial charge in [0, 0.05) is 25.2 Å². The Morgan fingerprint density at radius 3 is 2.23 bits per heavy atom. The summed E-state index contributed by atoms with van der Waals surface area (Å²) in [7, 11) is 1.67. The quantitative estimate of drug-likeness (QED) is 0.818. The summed E-state index contributed by atoms with van der Waals surface area (Å²) in [5.41, 5.74) is 1.05. The van der Waals surface area contributed by atoms with E-state index >= 15 is 0 Å². The molecule has 2 aromatic rings. The molecular weight excluding hydrogens is 338 g/mol. The first-order chi connectivity index (χ1) is 12.3. The van der Waals surface area contributed by atoms with Crippen molar-refractivity contribution in [3.05, 3.63) is 59.7 Å². The standard InChI is InChI=1S/C20H20F2N2O2/c1-12(2)16-11-24(19(25)13-8-14(21)10-15(22)9-13)18-7-5-4-6-17(18)23(3)20(16)26/h4-10,12,16H,11H2,1-3H3/t16-/m1/s1. The van der Waals surface area contributed by atoms with Crippen LogP contribution in [0.25, 0.3) is 0 Å². The fraction of sp³-hybridized carbons (Fsp3) is 0.300. The average molecular weight is 358 g/mol. The molecule has 0 saturated heterocycles. The molecule has 2 aromatic carbocycles. The number of para-hydroxylation sites is 2. The Kier molecular flexibility index (Phi) is 4.76. The minimum Gasteiger partial charge on any atom is -0.313 e. The summed E-state index contributed by atoms with van der Waals surface area (Å²) in [5.74, 6) is -2.68. The summed E-state index contributed by atoms with van der Waals surface area (Å²) < 4.78 is 27.2. The smallest absolute Gasteiger partial charge is 0.258 e. The molecule has 0 radical (unpaired) electrons. The molecule has 0 spiro atoms. The van der Waals surface area contributed by atoms with Gasteiger partial charge in [-0.2, -0.15) is 0 Å². The van der Waals surface area contributed by atoms with Gasteiger partial charge in [-0.1, -0.05) is 26.0 Å². The van der Waals surface area contributed by atoms with Crippen LogP contribution < -0.4 is 9.80 Å². The number of carbonyl (C=O) groups excluding carboxylic acids is 2. The molecule has 26 heavy (non-hydrogen) atoms. The molecule has 0 bridgehead atoms. The van der Waals surface area contributed by atoms with Crippen LogP contribution in [0.1, 0.15) is 24.2 Å². The van der Waals surface area contributed by atoms with Gasteiger partial charge in [-0.05, 0) is 30.2 Å². The Morgan fingerprint density at radius 2 is 1.65 bits per heavy atom. The van der Waals surface area contributed by atoms with Crippen molar-refractivity contribution in [3.63, 3.8) is 0 Å². The number of hydrogen-bond donors (Lipinski definition) is 0. The van der Waals surface area contributed by atoms with E-state index in [0.717, 1.165) is 18.2 Å². The van der Waals surface area contributed by atoms with Crippen LogP contribution in [0.3, 0.4) is 0 Å². The van der Waals surface area contributed by atoms with Crippen LogP contribution in [0.15, 0.2) is 42.5 Å². The number of rotatable bonds is 2. The molecule has 0 unspecified atom stereocenters. The molecule has 1 aliphatic heterocycles. The molecule has 0 aliphatic carbocycles. The summed E-state index contributed by atoms with van der Waals surface area (Å²) in [6.45, 7) is 3.97. The van der Waals surface area contributed by atoms with E-state index in [-0.39, 0.29) is 23.9 Å². The molecule has 3 rings (SSSR count). The molecular formula is C20H20F2N2O2. The molecule has 0 saturated carbocycles. The number of amides is 2. The van der Waals surface area contributed by atoms with Crippen LogP contribution in [0.4, 0.5) is 20.2 Å². The van der Waals surface area contributed by atoms with Gasteiger partial charge in [-0.15, -0.1) is 0 Å². The molecule has 6 heteroatoms. The number of carbonyl (C=O) groups is 2. The molecule has 4 nitrogen and oxygen atoms in total. The summed E-state index contributed by atoms with van der Waals surface area (Å²) in [5, 5.41) is 0. The Hall–Kier alpha value is -2.76. The number of benzene rings is 2. The first-order valence-electron chi connectivity index (χ1n) is 8.44. The normalized spacial score (nSPS) is 17.3. The first kappa shape index (κ1) is 18.0. The van der Waals surface area contributed by atoms with Crippen molar-refractivity contribution in [2.45, 2.75) is 13.8 Å². The lowest BCUT2D eigenvalue weighted by Gasteiger charge is -2.26. The summed E-state index contributed by atoms with van der Waals surface area (Å²) in [4.78, 5) is 28.9. The lowest BCUT2D eigenvalue weighted by molar-refractivity contribution is -0.122. The van der Waals surface area contributed by atoms with Gasteiger partial charge in [0.1, 0.15) is 11.6 Å². The highest BCUT2D eigenvalue weighted by Crippen LogP contribution is 2.35. The van der Waals surface area contributed by atoms with Crippen molar-refractivity contribution >= 4 is 23.2 Å². The van der Waals surface area contributed by atoms with E-state index in [1.54, 1.807) is 36.2 Å².